The number of urea groups is 1. The number of piperidine rings is 1. The van der Waals surface area contributed by atoms with Crippen molar-refractivity contribution in [3.05, 3.63) is 76.1 Å². The minimum Gasteiger partial charge on any atom is -0.339 e. The molecule has 2 N–H and O–H groups in total. The average molecular weight is 489 g/mol. The van der Waals surface area contributed by atoms with Crippen LogP contribution in [0.25, 0.3) is 11.3 Å². The Bertz CT molecular complexity index is 1250. The fourth-order valence-corrected chi connectivity index (χ4v) is 6.02. The van der Waals surface area contributed by atoms with Crippen LogP contribution in [0.15, 0.2) is 60.0 Å². The Morgan fingerprint density at radius 3 is 2.34 bits per heavy atom. The Morgan fingerprint density at radius 1 is 1.06 bits per heavy atom. The van der Waals surface area contributed by atoms with Gasteiger partial charge < -0.3 is 10.2 Å². The summed E-state index contributed by atoms with van der Waals surface area (Å²) < 4.78 is 0. The van der Waals surface area contributed by atoms with Gasteiger partial charge in [0.15, 0.2) is 0 Å². The molecule has 0 radical (unpaired) electrons. The highest BCUT2D eigenvalue weighted by atomic mass is 32.1. The van der Waals surface area contributed by atoms with Crippen LogP contribution in [0.2, 0.25) is 0 Å². The molecule has 180 valence electrons. The molecular weight excluding hydrogens is 460 g/mol. The maximum absolute atomic E-state index is 13.2. The van der Waals surface area contributed by atoms with Crippen LogP contribution in [-0.2, 0) is 10.3 Å². The van der Waals surface area contributed by atoms with Crippen LogP contribution < -0.4 is 10.6 Å². The summed E-state index contributed by atoms with van der Waals surface area (Å²) in [5.41, 5.74) is 2.26. The molecule has 2 aliphatic rings. The van der Waals surface area contributed by atoms with E-state index >= 15 is 0 Å². The lowest BCUT2D eigenvalue weighted by Crippen LogP contribution is -2.48. The van der Waals surface area contributed by atoms with Crippen molar-refractivity contribution in [1.29, 1.82) is 0 Å². The molecule has 7 nitrogen and oxygen atoms in total. The van der Waals surface area contributed by atoms with Crippen molar-refractivity contribution in [1.82, 2.24) is 20.5 Å². The molecule has 3 aromatic rings. The van der Waals surface area contributed by atoms with Crippen molar-refractivity contribution in [2.45, 2.75) is 38.1 Å². The van der Waals surface area contributed by atoms with E-state index in [1.165, 1.54) is 0 Å². The average Bonchev–Trinajstić information content (AvgIpc) is 3.49. The second-order valence-corrected chi connectivity index (χ2v) is 10.3. The van der Waals surface area contributed by atoms with E-state index in [9.17, 15) is 14.4 Å². The van der Waals surface area contributed by atoms with E-state index in [1.54, 1.807) is 35.6 Å². The van der Waals surface area contributed by atoms with Crippen molar-refractivity contribution in [2.75, 3.05) is 13.1 Å². The molecule has 4 amide bonds. The summed E-state index contributed by atoms with van der Waals surface area (Å²) in [4.78, 5) is 44.3. The van der Waals surface area contributed by atoms with Gasteiger partial charge in [-0.3, -0.25) is 14.9 Å². The third-order valence-electron chi connectivity index (χ3n) is 7.07. The van der Waals surface area contributed by atoms with E-state index in [-0.39, 0.29) is 17.7 Å². The van der Waals surface area contributed by atoms with Crippen LogP contribution in [0, 0.1) is 5.92 Å². The largest absolute Gasteiger partial charge is 0.339 e. The van der Waals surface area contributed by atoms with E-state index in [0.717, 1.165) is 29.1 Å². The van der Waals surface area contributed by atoms with Gasteiger partial charge in [0.25, 0.3) is 11.8 Å². The Morgan fingerprint density at radius 2 is 1.74 bits per heavy atom. The monoisotopic (exact) mass is 488 g/mol. The second-order valence-electron chi connectivity index (χ2n) is 9.45. The number of benzene rings is 2. The number of thiazole rings is 1. The van der Waals surface area contributed by atoms with Gasteiger partial charge in [-0.15, -0.1) is 11.3 Å². The Kier molecular flexibility index (Phi) is 6.15. The van der Waals surface area contributed by atoms with Gasteiger partial charge in [0.05, 0.1) is 10.7 Å². The number of imide groups is 1. The molecule has 2 aromatic carbocycles. The zero-order valence-electron chi connectivity index (χ0n) is 19.8. The first-order chi connectivity index (χ1) is 16.9. The number of likely N-dealkylation sites (tertiary alicyclic amines) is 1. The number of nitrogens with one attached hydrogen (secondary N) is 2. The number of rotatable bonds is 5. The number of hydrogen-bond acceptors (Lipinski definition) is 5. The maximum Gasteiger partial charge on any atom is 0.322 e. The van der Waals surface area contributed by atoms with Gasteiger partial charge in [-0.2, -0.15) is 0 Å². The van der Waals surface area contributed by atoms with Crippen LogP contribution in [-0.4, -0.2) is 40.8 Å². The lowest BCUT2D eigenvalue weighted by Gasteiger charge is -2.32. The minimum atomic E-state index is -1.12. The van der Waals surface area contributed by atoms with Crippen LogP contribution in [0.5, 0.6) is 0 Å². The van der Waals surface area contributed by atoms with E-state index in [2.05, 4.69) is 28.1 Å². The lowest BCUT2D eigenvalue weighted by atomic mass is 9.79. The molecule has 0 bridgehead atoms. The SMILES string of the molecule is CC(C)C1(c2ccc(C(=O)N3CCC(c4nc(-c5ccccc5)cs4)CC3)cc2)NC(=O)NC1=O. The molecule has 2 aliphatic heterocycles. The van der Waals surface area contributed by atoms with Gasteiger partial charge in [0, 0.05) is 35.5 Å². The lowest BCUT2D eigenvalue weighted by molar-refractivity contribution is -0.125. The fourth-order valence-electron chi connectivity index (χ4n) is 5.02. The van der Waals surface area contributed by atoms with Crippen molar-refractivity contribution in [2.24, 2.45) is 5.92 Å². The Hall–Kier alpha value is -3.52. The van der Waals surface area contributed by atoms with Crippen LogP contribution in [0.3, 0.4) is 0 Å². The summed E-state index contributed by atoms with van der Waals surface area (Å²) in [6.45, 7) is 5.14. The molecule has 8 heteroatoms. The molecule has 5 rings (SSSR count). The van der Waals surface area contributed by atoms with Gasteiger partial charge >= 0.3 is 6.03 Å². The quantitative estimate of drug-likeness (QED) is 0.517. The van der Waals surface area contributed by atoms with Crippen LogP contribution in [0.4, 0.5) is 4.79 Å². The first kappa shape index (κ1) is 23.2. The summed E-state index contributed by atoms with van der Waals surface area (Å²) >= 11 is 1.70. The number of amides is 4. The van der Waals surface area contributed by atoms with Gasteiger partial charge in [0.2, 0.25) is 0 Å². The van der Waals surface area contributed by atoms with Crippen LogP contribution in [0.1, 0.15) is 53.5 Å². The molecule has 0 saturated carbocycles. The number of aromatic nitrogens is 1. The highest BCUT2D eigenvalue weighted by molar-refractivity contribution is 7.10. The molecule has 1 unspecified atom stereocenters. The molecule has 1 atom stereocenters. The van der Waals surface area contributed by atoms with Gasteiger partial charge in [-0.1, -0.05) is 56.3 Å². The first-order valence-corrected chi connectivity index (χ1v) is 12.8. The molecule has 3 heterocycles. The summed E-state index contributed by atoms with van der Waals surface area (Å²) in [7, 11) is 0. The third kappa shape index (κ3) is 4.23. The first-order valence-electron chi connectivity index (χ1n) is 11.9. The van der Waals surface area contributed by atoms with E-state index in [0.29, 0.717) is 30.1 Å². The summed E-state index contributed by atoms with van der Waals surface area (Å²) in [5.74, 6) is -0.170. The number of carbonyl (C=O) groups excluding carboxylic acids is 3. The van der Waals surface area contributed by atoms with Crippen molar-refractivity contribution in [3.8, 4) is 11.3 Å². The third-order valence-corrected chi connectivity index (χ3v) is 8.08. The highest BCUT2D eigenvalue weighted by Crippen LogP contribution is 2.35. The summed E-state index contributed by atoms with van der Waals surface area (Å²) in [5, 5.41) is 8.36. The standard InChI is InChI=1S/C27H28N4O3S/c1-17(2)27(25(33)29-26(34)30-27)21-10-8-20(9-11-21)24(32)31-14-12-19(13-15-31)23-28-22(16-35-23)18-6-4-3-5-7-18/h3-11,16-17,19H,12-15H2,1-2H3,(H2,29,30,33,34). The zero-order chi connectivity index (χ0) is 24.6. The minimum absolute atomic E-state index is 0.0161. The van der Waals surface area contributed by atoms with E-state index in [1.807, 2.05) is 36.9 Å². The molecule has 1 aromatic heterocycles. The number of hydrogen-bond donors (Lipinski definition) is 2. The van der Waals surface area contributed by atoms with Crippen molar-refractivity contribution in [3.63, 3.8) is 0 Å². The van der Waals surface area contributed by atoms with Crippen molar-refractivity contribution >= 4 is 29.2 Å². The van der Waals surface area contributed by atoms with Gasteiger partial charge in [-0.25, -0.2) is 9.78 Å². The number of carbonyl (C=O) groups is 3. The second kappa shape index (κ2) is 9.26. The number of nitrogens with zero attached hydrogens (tertiary/aromatic N) is 2. The normalized spacial score (nSPS) is 20.7. The van der Waals surface area contributed by atoms with Gasteiger partial charge in [0.1, 0.15) is 5.54 Å². The Labute approximate surface area is 208 Å². The Balaban J connectivity index is 1.24. The smallest absolute Gasteiger partial charge is 0.322 e. The molecule has 35 heavy (non-hydrogen) atoms. The summed E-state index contributed by atoms with van der Waals surface area (Å²) in [6.07, 6.45) is 1.77. The maximum atomic E-state index is 13.2. The molecule has 0 aliphatic carbocycles. The highest BCUT2D eigenvalue weighted by Gasteiger charge is 2.50. The van der Waals surface area contributed by atoms with Crippen molar-refractivity contribution < 1.29 is 14.4 Å². The molecule has 0 spiro atoms. The predicted octanol–water partition coefficient (Wildman–Crippen LogP) is 4.52. The molecule has 2 fully saturated rings. The fraction of sp³-hybridized carbons (Fsp3) is 0.333. The molecule has 2 saturated heterocycles. The predicted molar refractivity (Wildman–Crippen MR) is 135 cm³/mol. The van der Waals surface area contributed by atoms with E-state index in [4.69, 9.17) is 4.98 Å². The zero-order valence-corrected chi connectivity index (χ0v) is 20.6. The van der Waals surface area contributed by atoms with E-state index < -0.39 is 11.6 Å². The molecular formula is C27H28N4O3S. The summed E-state index contributed by atoms with van der Waals surface area (Å²) in [6, 6.07) is 16.7. The van der Waals surface area contributed by atoms with Crippen LogP contribution >= 0.6 is 11.3 Å². The topological polar surface area (TPSA) is 91.4 Å². The van der Waals surface area contributed by atoms with Gasteiger partial charge in [-0.05, 0) is 36.5 Å².